The molecule has 30 heavy (non-hydrogen) atoms. The Labute approximate surface area is 185 Å². The van der Waals surface area contributed by atoms with Crippen LogP contribution in [-0.2, 0) is 22.6 Å². The maximum absolute atomic E-state index is 13.1. The molecule has 2 amide bonds. The van der Waals surface area contributed by atoms with Crippen LogP contribution in [0.5, 0.6) is 0 Å². The molecule has 2 aromatic rings. The van der Waals surface area contributed by atoms with E-state index in [2.05, 4.69) is 43.4 Å². The topological polar surface area (TPSA) is 49.4 Å². The fourth-order valence-corrected chi connectivity index (χ4v) is 3.50. The van der Waals surface area contributed by atoms with E-state index in [1.165, 1.54) is 5.56 Å². The van der Waals surface area contributed by atoms with Crippen molar-refractivity contribution in [2.45, 2.75) is 72.0 Å². The largest absolute Gasteiger partial charge is 0.352 e. The van der Waals surface area contributed by atoms with Gasteiger partial charge in [0.1, 0.15) is 6.04 Å². The molecule has 0 spiro atoms. The average molecular weight is 429 g/mol. The molecule has 5 heteroatoms. The summed E-state index contributed by atoms with van der Waals surface area (Å²) < 4.78 is 0. The molecule has 2 rings (SSSR count). The van der Waals surface area contributed by atoms with Gasteiger partial charge in [-0.05, 0) is 61.9 Å². The summed E-state index contributed by atoms with van der Waals surface area (Å²) in [7, 11) is 0. The van der Waals surface area contributed by atoms with Crippen LogP contribution in [0.4, 0.5) is 0 Å². The van der Waals surface area contributed by atoms with Gasteiger partial charge in [0, 0.05) is 24.0 Å². The molecule has 0 unspecified atom stereocenters. The molecular formula is C25H33ClN2O2. The van der Waals surface area contributed by atoms with Gasteiger partial charge < -0.3 is 10.2 Å². The van der Waals surface area contributed by atoms with Gasteiger partial charge in [-0.3, -0.25) is 9.59 Å². The molecule has 4 nitrogen and oxygen atoms in total. The highest BCUT2D eigenvalue weighted by molar-refractivity contribution is 6.30. The monoisotopic (exact) mass is 428 g/mol. The summed E-state index contributed by atoms with van der Waals surface area (Å²) in [4.78, 5) is 27.4. The van der Waals surface area contributed by atoms with Crippen molar-refractivity contribution in [2.75, 3.05) is 0 Å². The van der Waals surface area contributed by atoms with Crippen LogP contribution in [0.25, 0.3) is 0 Å². The number of carbonyl (C=O) groups is 2. The third kappa shape index (κ3) is 7.17. The van der Waals surface area contributed by atoms with Crippen LogP contribution >= 0.6 is 11.6 Å². The minimum atomic E-state index is -0.567. The van der Waals surface area contributed by atoms with Crippen LogP contribution < -0.4 is 5.32 Å². The van der Waals surface area contributed by atoms with E-state index in [0.717, 1.165) is 11.1 Å². The van der Waals surface area contributed by atoms with E-state index in [1.807, 2.05) is 32.0 Å². The minimum absolute atomic E-state index is 0.0162. The van der Waals surface area contributed by atoms with Crippen LogP contribution in [0.2, 0.25) is 5.02 Å². The second kappa shape index (κ2) is 11.2. The lowest BCUT2D eigenvalue weighted by Gasteiger charge is -2.29. The second-order valence-electron chi connectivity index (χ2n) is 8.39. The second-order valence-corrected chi connectivity index (χ2v) is 8.82. The number of amides is 2. The SMILES string of the molecule is CC(C)NC(=O)[C@H](C)N(Cc1cccc(Cl)c1)C(=O)CCc1ccc(C(C)C)cc1. The maximum Gasteiger partial charge on any atom is 0.242 e. The predicted octanol–water partition coefficient (Wildman–Crippen LogP) is 5.34. The van der Waals surface area contributed by atoms with Crippen molar-refractivity contribution in [2.24, 2.45) is 0 Å². The molecular weight excluding hydrogens is 396 g/mol. The van der Waals surface area contributed by atoms with Gasteiger partial charge in [-0.1, -0.05) is 61.8 Å². The third-order valence-corrected chi connectivity index (χ3v) is 5.35. The van der Waals surface area contributed by atoms with Crippen molar-refractivity contribution >= 4 is 23.4 Å². The molecule has 0 aliphatic heterocycles. The van der Waals surface area contributed by atoms with Gasteiger partial charge in [-0.15, -0.1) is 0 Å². The van der Waals surface area contributed by atoms with E-state index < -0.39 is 6.04 Å². The summed E-state index contributed by atoms with van der Waals surface area (Å²) in [6, 6.07) is 15.3. The van der Waals surface area contributed by atoms with Crippen LogP contribution in [-0.4, -0.2) is 28.8 Å². The number of benzene rings is 2. The lowest BCUT2D eigenvalue weighted by atomic mass is 10.00. The summed E-state index contributed by atoms with van der Waals surface area (Å²) in [6.45, 7) is 10.3. The Balaban J connectivity index is 2.13. The van der Waals surface area contributed by atoms with Gasteiger partial charge in [0.2, 0.25) is 11.8 Å². The van der Waals surface area contributed by atoms with Gasteiger partial charge in [-0.25, -0.2) is 0 Å². The van der Waals surface area contributed by atoms with Crippen molar-refractivity contribution in [3.8, 4) is 0 Å². The van der Waals surface area contributed by atoms with E-state index in [4.69, 9.17) is 11.6 Å². The van der Waals surface area contributed by atoms with E-state index >= 15 is 0 Å². The number of hydrogen-bond donors (Lipinski definition) is 1. The zero-order valence-corrected chi connectivity index (χ0v) is 19.4. The highest BCUT2D eigenvalue weighted by Crippen LogP contribution is 2.18. The normalized spacial score (nSPS) is 12.1. The van der Waals surface area contributed by atoms with Crippen LogP contribution in [0.1, 0.15) is 63.6 Å². The molecule has 0 fully saturated rings. The fraction of sp³-hybridized carbons (Fsp3) is 0.440. The van der Waals surface area contributed by atoms with E-state index in [9.17, 15) is 9.59 Å². The lowest BCUT2D eigenvalue weighted by Crippen LogP contribution is -2.49. The molecule has 1 atom stereocenters. The molecule has 0 aliphatic carbocycles. The summed E-state index contributed by atoms with van der Waals surface area (Å²) in [5.74, 6) is 0.283. The quantitative estimate of drug-likeness (QED) is 0.586. The summed E-state index contributed by atoms with van der Waals surface area (Å²) in [6.07, 6.45) is 0.989. The van der Waals surface area contributed by atoms with Crippen LogP contribution in [0, 0.1) is 0 Å². The van der Waals surface area contributed by atoms with Gasteiger partial charge in [0.25, 0.3) is 0 Å². The number of halogens is 1. The molecule has 0 aliphatic rings. The molecule has 2 aromatic carbocycles. The molecule has 0 saturated carbocycles. The van der Waals surface area contributed by atoms with Gasteiger partial charge in [-0.2, -0.15) is 0 Å². The first-order chi connectivity index (χ1) is 14.2. The Morgan fingerprint density at radius 1 is 0.967 bits per heavy atom. The van der Waals surface area contributed by atoms with Gasteiger partial charge >= 0.3 is 0 Å². The van der Waals surface area contributed by atoms with Crippen molar-refractivity contribution in [3.63, 3.8) is 0 Å². The minimum Gasteiger partial charge on any atom is -0.352 e. The maximum atomic E-state index is 13.1. The molecule has 1 N–H and O–H groups in total. The number of rotatable bonds is 9. The summed E-state index contributed by atoms with van der Waals surface area (Å²) >= 11 is 6.11. The van der Waals surface area contributed by atoms with Crippen molar-refractivity contribution in [1.29, 1.82) is 0 Å². The summed E-state index contributed by atoms with van der Waals surface area (Å²) in [5.41, 5.74) is 3.31. The molecule has 0 radical (unpaired) electrons. The van der Waals surface area contributed by atoms with Crippen molar-refractivity contribution < 1.29 is 9.59 Å². The smallest absolute Gasteiger partial charge is 0.242 e. The number of hydrogen-bond acceptors (Lipinski definition) is 2. The fourth-order valence-electron chi connectivity index (χ4n) is 3.28. The summed E-state index contributed by atoms with van der Waals surface area (Å²) in [5, 5.41) is 3.52. The lowest BCUT2D eigenvalue weighted by molar-refractivity contribution is -0.140. The Bertz CT molecular complexity index is 846. The number of nitrogens with zero attached hydrogens (tertiary/aromatic N) is 1. The standard InChI is InChI=1S/C25H33ClN2O2/c1-17(2)22-12-9-20(10-13-22)11-14-24(29)28(19(5)25(30)27-18(3)4)16-21-7-6-8-23(26)15-21/h6-10,12-13,15,17-19H,11,14,16H2,1-5H3,(H,27,30)/t19-/m0/s1. The Morgan fingerprint density at radius 3 is 2.20 bits per heavy atom. The first-order valence-electron chi connectivity index (χ1n) is 10.6. The zero-order chi connectivity index (χ0) is 22.3. The Morgan fingerprint density at radius 2 is 1.63 bits per heavy atom. The van der Waals surface area contributed by atoms with Gasteiger partial charge in [0.05, 0.1) is 0 Å². The van der Waals surface area contributed by atoms with Gasteiger partial charge in [0.15, 0.2) is 0 Å². The van der Waals surface area contributed by atoms with E-state index in [1.54, 1.807) is 17.9 Å². The van der Waals surface area contributed by atoms with E-state index in [0.29, 0.717) is 30.3 Å². The third-order valence-electron chi connectivity index (χ3n) is 5.11. The Kier molecular flexibility index (Phi) is 8.91. The first-order valence-corrected chi connectivity index (χ1v) is 11.0. The van der Waals surface area contributed by atoms with E-state index in [-0.39, 0.29) is 17.9 Å². The molecule has 0 heterocycles. The highest BCUT2D eigenvalue weighted by Gasteiger charge is 2.26. The first kappa shape index (κ1) is 23.9. The Hall–Kier alpha value is -2.33. The zero-order valence-electron chi connectivity index (χ0n) is 18.6. The van der Waals surface area contributed by atoms with Crippen LogP contribution in [0.15, 0.2) is 48.5 Å². The number of carbonyl (C=O) groups excluding carboxylic acids is 2. The average Bonchev–Trinajstić information content (AvgIpc) is 2.69. The number of nitrogens with one attached hydrogen (secondary N) is 1. The highest BCUT2D eigenvalue weighted by atomic mass is 35.5. The molecule has 0 bridgehead atoms. The molecule has 0 saturated heterocycles. The van der Waals surface area contributed by atoms with Crippen molar-refractivity contribution in [3.05, 3.63) is 70.2 Å². The van der Waals surface area contributed by atoms with Crippen LogP contribution in [0.3, 0.4) is 0 Å². The van der Waals surface area contributed by atoms with Crippen molar-refractivity contribution in [1.82, 2.24) is 10.2 Å². The number of aryl methyl sites for hydroxylation is 1. The molecule has 162 valence electrons. The molecule has 0 aromatic heterocycles. The predicted molar refractivity (Wildman–Crippen MR) is 124 cm³/mol.